The lowest BCUT2D eigenvalue weighted by molar-refractivity contribution is -0.146. The van der Waals surface area contributed by atoms with Crippen LogP contribution in [-0.4, -0.2) is 17.6 Å². The number of carbonyl (C=O) groups is 1. The molecule has 2 aromatic rings. The number of para-hydroxylation sites is 1. The van der Waals surface area contributed by atoms with Crippen molar-refractivity contribution in [2.75, 3.05) is 6.61 Å². The highest BCUT2D eigenvalue weighted by Crippen LogP contribution is 2.51. The van der Waals surface area contributed by atoms with E-state index in [1.807, 2.05) is 13.0 Å². The first-order valence-electron chi connectivity index (χ1n) is 6.21. The minimum atomic E-state index is -0.438. The van der Waals surface area contributed by atoms with Crippen molar-refractivity contribution in [3.05, 3.63) is 28.8 Å². The van der Waals surface area contributed by atoms with Crippen molar-refractivity contribution in [2.45, 2.75) is 32.1 Å². The fourth-order valence-corrected chi connectivity index (χ4v) is 3.47. The Kier molecular flexibility index (Phi) is 2.63. The Morgan fingerprint density at radius 3 is 2.89 bits per heavy atom. The molecule has 1 aromatic heterocycles. The fourth-order valence-electron chi connectivity index (χ4n) is 2.19. The predicted molar refractivity (Wildman–Crippen MR) is 71.9 cm³/mol. The molecule has 1 aliphatic rings. The molecule has 4 heteroatoms. The normalized spacial score (nSPS) is 16.8. The van der Waals surface area contributed by atoms with E-state index in [4.69, 9.17) is 4.74 Å². The van der Waals surface area contributed by atoms with Gasteiger partial charge in [-0.15, -0.1) is 11.3 Å². The van der Waals surface area contributed by atoms with E-state index >= 15 is 0 Å². The Morgan fingerprint density at radius 2 is 2.28 bits per heavy atom. The van der Waals surface area contributed by atoms with Gasteiger partial charge in [-0.3, -0.25) is 4.79 Å². The van der Waals surface area contributed by atoms with Crippen molar-refractivity contribution < 1.29 is 9.53 Å². The summed E-state index contributed by atoms with van der Waals surface area (Å²) in [6.45, 7) is 4.33. The summed E-state index contributed by atoms with van der Waals surface area (Å²) in [7, 11) is 0. The average Bonchev–Trinajstić information content (AvgIpc) is 3.04. The second-order valence-corrected chi connectivity index (χ2v) is 5.77. The first-order chi connectivity index (χ1) is 8.67. The van der Waals surface area contributed by atoms with Gasteiger partial charge >= 0.3 is 5.97 Å². The van der Waals surface area contributed by atoms with Gasteiger partial charge in [-0.25, -0.2) is 4.98 Å². The molecule has 1 fully saturated rings. The molecule has 0 amide bonds. The predicted octanol–water partition coefficient (Wildman–Crippen LogP) is 3.20. The van der Waals surface area contributed by atoms with Gasteiger partial charge in [-0.2, -0.15) is 0 Å². The third-order valence-corrected chi connectivity index (χ3v) is 4.67. The van der Waals surface area contributed by atoms with Gasteiger partial charge in [-0.05, 0) is 38.3 Å². The monoisotopic (exact) mass is 261 g/mol. The van der Waals surface area contributed by atoms with Crippen LogP contribution in [0.4, 0.5) is 0 Å². The Balaban J connectivity index is 2.05. The zero-order valence-corrected chi connectivity index (χ0v) is 11.3. The van der Waals surface area contributed by atoms with E-state index in [1.165, 1.54) is 0 Å². The molecule has 0 unspecified atom stereocenters. The summed E-state index contributed by atoms with van der Waals surface area (Å²) < 4.78 is 6.33. The van der Waals surface area contributed by atoms with Crippen LogP contribution in [0.3, 0.4) is 0 Å². The molecule has 0 radical (unpaired) electrons. The fraction of sp³-hybridized carbons (Fsp3) is 0.429. The second kappa shape index (κ2) is 4.05. The number of rotatable bonds is 3. The zero-order valence-electron chi connectivity index (χ0n) is 10.5. The number of benzene rings is 1. The number of aromatic nitrogens is 1. The number of hydrogen-bond donors (Lipinski definition) is 0. The third kappa shape index (κ3) is 1.63. The van der Waals surface area contributed by atoms with Gasteiger partial charge in [0.15, 0.2) is 0 Å². The molecular weight excluding hydrogens is 246 g/mol. The van der Waals surface area contributed by atoms with Gasteiger partial charge in [-0.1, -0.05) is 12.1 Å². The van der Waals surface area contributed by atoms with Crippen LogP contribution in [0.1, 0.15) is 30.3 Å². The number of nitrogens with zero attached hydrogens (tertiary/aromatic N) is 1. The Morgan fingerprint density at radius 1 is 1.50 bits per heavy atom. The van der Waals surface area contributed by atoms with Crippen molar-refractivity contribution in [1.29, 1.82) is 0 Å². The molecule has 0 saturated heterocycles. The van der Waals surface area contributed by atoms with E-state index in [0.717, 1.165) is 33.6 Å². The molecule has 3 rings (SSSR count). The van der Waals surface area contributed by atoms with Gasteiger partial charge in [0.1, 0.15) is 10.4 Å². The Hall–Kier alpha value is -1.42. The zero-order chi connectivity index (χ0) is 12.8. The molecule has 1 saturated carbocycles. The minimum Gasteiger partial charge on any atom is -0.465 e. The highest BCUT2D eigenvalue weighted by atomic mass is 32.1. The lowest BCUT2D eigenvalue weighted by atomic mass is 10.1. The molecule has 0 aliphatic heterocycles. The molecule has 0 N–H and O–H groups in total. The highest BCUT2D eigenvalue weighted by Gasteiger charge is 2.55. The van der Waals surface area contributed by atoms with E-state index < -0.39 is 5.41 Å². The summed E-state index contributed by atoms with van der Waals surface area (Å²) in [4.78, 5) is 16.7. The molecule has 18 heavy (non-hydrogen) atoms. The number of fused-ring (bicyclic) bond motifs is 1. The number of ether oxygens (including phenoxy) is 1. The molecule has 0 atom stereocenters. The average molecular weight is 261 g/mol. The Bertz CT molecular complexity index is 613. The number of carbonyl (C=O) groups excluding carboxylic acids is 1. The van der Waals surface area contributed by atoms with Gasteiger partial charge in [0, 0.05) is 0 Å². The maximum atomic E-state index is 12.0. The van der Waals surface area contributed by atoms with Crippen LogP contribution in [-0.2, 0) is 14.9 Å². The van der Waals surface area contributed by atoms with Crippen LogP contribution < -0.4 is 0 Å². The van der Waals surface area contributed by atoms with E-state index in [1.54, 1.807) is 11.3 Å². The number of esters is 1. The first kappa shape index (κ1) is 11.7. The smallest absolute Gasteiger partial charge is 0.319 e. The van der Waals surface area contributed by atoms with E-state index in [-0.39, 0.29) is 5.97 Å². The van der Waals surface area contributed by atoms with Crippen LogP contribution in [0, 0.1) is 6.92 Å². The summed E-state index contributed by atoms with van der Waals surface area (Å²) in [6, 6.07) is 6.14. The molecule has 1 aliphatic carbocycles. The van der Waals surface area contributed by atoms with E-state index in [2.05, 4.69) is 24.0 Å². The van der Waals surface area contributed by atoms with Crippen molar-refractivity contribution in [1.82, 2.24) is 4.98 Å². The standard InChI is InChI=1S/C14H15NO2S/c1-3-17-13(16)14(7-8-14)12-15-11-9(2)5-4-6-10(11)18-12/h4-6H,3,7-8H2,1-2H3. The first-order valence-corrected chi connectivity index (χ1v) is 7.03. The number of thiazole rings is 1. The van der Waals surface area contributed by atoms with Gasteiger partial charge in [0.25, 0.3) is 0 Å². The topological polar surface area (TPSA) is 39.2 Å². The number of aryl methyl sites for hydroxylation is 1. The molecule has 1 heterocycles. The summed E-state index contributed by atoms with van der Waals surface area (Å²) >= 11 is 1.62. The van der Waals surface area contributed by atoms with E-state index in [9.17, 15) is 4.79 Å². The van der Waals surface area contributed by atoms with E-state index in [0.29, 0.717) is 6.61 Å². The SMILES string of the molecule is CCOC(=O)C1(c2nc3c(C)cccc3s2)CC1. The van der Waals surface area contributed by atoms with Crippen LogP contribution >= 0.6 is 11.3 Å². The Labute approximate surface area is 110 Å². The molecule has 3 nitrogen and oxygen atoms in total. The van der Waals surface area contributed by atoms with Crippen LogP contribution in [0.15, 0.2) is 18.2 Å². The van der Waals surface area contributed by atoms with Crippen molar-refractivity contribution in [3.8, 4) is 0 Å². The molecule has 0 spiro atoms. The summed E-state index contributed by atoms with van der Waals surface area (Å²) in [5.41, 5.74) is 1.74. The van der Waals surface area contributed by atoms with Crippen molar-refractivity contribution >= 4 is 27.5 Å². The quantitative estimate of drug-likeness (QED) is 0.796. The molecule has 94 valence electrons. The number of hydrogen-bond acceptors (Lipinski definition) is 4. The second-order valence-electron chi connectivity index (χ2n) is 4.74. The summed E-state index contributed by atoms with van der Waals surface area (Å²) in [5, 5.41) is 0.922. The summed E-state index contributed by atoms with van der Waals surface area (Å²) in [5.74, 6) is -0.110. The third-order valence-electron chi connectivity index (χ3n) is 3.45. The molecular formula is C14H15NO2S. The van der Waals surface area contributed by atoms with Gasteiger partial charge in [0.05, 0.1) is 16.8 Å². The lowest BCUT2D eigenvalue weighted by Gasteiger charge is -2.09. The highest BCUT2D eigenvalue weighted by molar-refractivity contribution is 7.18. The maximum absolute atomic E-state index is 12.0. The summed E-state index contributed by atoms with van der Waals surface area (Å²) in [6.07, 6.45) is 1.73. The lowest BCUT2D eigenvalue weighted by Crippen LogP contribution is -2.22. The van der Waals surface area contributed by atoms with Crippen LogP contribution in [0.25, 0.3) is 10.2 Å². The van der Waals surface area contributed by atoms with Crippen molar-refractivity contribution in [3.63, 3.8) is 0 Å². The maximum Gasteiger partial charge on any atom is 0.319 e. The van der Waals surface area contributed by atoms with Gasteiger partial charge < -0.3 is 4.74 Å². The van der Waals surface area contributed by atoms with Crippen LogP contribution in [0.5, 0.6) is 0 Å². The molecule has 0 bridgehead atoms. The van der Waals surface area contributed by atoms with Gasteiger partial charge in [0.2, 0.25) is 0 Å². The van der Waals surface area contributed by atoms with Crippen molar-refractivity contribution in [2.24, 2.45) is 0 Å². The van der Waals surface area contributed by atoms with Crippen LogP contribution in [0.2, 0.25) is 0 Å². The molecule has 1 aromatic carbocycles. The minimum absolute atomic E-state index is 0.110. The largest absolute Gasteiger partial charge is 0.465 e.